The molecule has 0 heterocycles. The summed E-state index contributed by atoms with van der Waals surface area (Å²) < 4.78 is 9.62. The minimum Gasteiger partial charge on any atom is -0.426 e. The summed E-state index contributed by atoms with van der Waals surface area (Å²) in [5, 5.41) is 0. The van der Waals surface area contributed by atoms with Crippen LogP contribution >= 0.6 is 34.8 Å². The predicted molar refractivity (Wildman–Crippen MR) is 63.9 cm³/mol. The van der Waals surface area contributed by atoms with Gasteiger partial charge in [0.05, 0.1) is 0 Å². The highest BCUT2D eigenvalue weighted by molar-refractivity contribution is 6.53. The molecule has 0 aromatic heterocycles. The Morgan fingerprint density at radius 1 is 1.18 bits per heavy atom. The van der Waals surface area contributed by atoms with E-state index in [1.807, 2.05) is 0 Å². The maximum absolute atomic E-state index is 11.1. The second-order valence-electron chi connectivity index (χ2n) is 2.80. The Bertz CT molecular complexity index is 420. The lowest BCUT2D eigenvalue weighted by atomic mass is 10.3. The number of halogens is 3. The second-order valence-corrected chi connectivity index (χ2v) is 4.17. The quantitative estimate of drug-likeness (QED) is 0.487. The van der Waals surface area contributed by atoms with Crippen LogP contribution in [0.25, 0.3) is 0 Å². The third-order valence-electron chi connectivity index (χ3n) is 1.54. The summed E-state index contributed by atoms with van der Waals surface area (Å²) in [6.07, 6.45) is 0. The highest BCUT2D eigenvalue weighted by Gasteiger charge is 2.14. The Morgan fingerprint density at radius 3 is 2.29 bits per heavy atom. The van der Waals surface area contributed by atoms with Crippen molar-refractivity contribution >= 4 is 46.7 Å². The average molecular weight is 298 g/mol. The molecule has 17 heavy (non-hydrogen) atoms. The fourth-order valence-corrected chi connectivity index (χ4v) is 1.06. The van der Waals surface area contributed by atoms with E-state index < -0.39 is 16.8 Å². The summed E-state index contributed by atoms with van der Waals surface area (Å²) in [6.45, 7) is 0. The maximum Gasteiger partial charge on any atom is 0.344 e. The van der Waals surface area contributed by atoms with Crippen molar-refractivity contribution in [1.82, 2.24) is 0 Å². The SMILES string of the molecule is O=C(CCl)Oc1cccc(OC(=O)C(Cl)Cl)c1. The van der Waals surface area contributed by atoms with Gasteiger partial charge in [0.25, 0.3) is 0 Å². The van der Waals surface area contributed by atoms with Gasteiger partial charge in [0.15, 0.2) is 0 Å². The molecule has 1 aromatic rings. The first-order valence-corrected chi connectivity index (χ1v) is 5.80. The van der Waals surface area contributed by atoms with Gasteiger partial charge < -0.3 is 9.47 Å². The van der Waals surface area contributed by atoms with Gasteiger partial charge in [0, 0.05) is 6.07 Å². The molecule has 1 aromatic carbocycles. The molecule has 0 saturated heterocycles. The van der Waals surface area contributed by atoms with Crippen molar-refractivity contribution < 1.29 is 19.1 Å². The van der Waals surface area contributed by atoms with Crippen LogP contribution in [0.15, 0.2) is 24.3 Å². The monoisotopic (exact) mass is 296 g/mol. The van der Waals surface area contributed by atoms with Crippen molar-refractivity contribution in [2.45, 2.75) is 4.84 Å². The number of hydrogen-bond acceptors (Lipinski definition) is 4. The lowest BCUT2D eigenvalue weighted by Crippen LogP contribution is -2.15. The van der Waals surface area contributed by atoms with Crippen LogP contribution < -0.4 is 9.47 Å². The summed E-state index contributed by atoms with van der Waals surface area (Å²) in [5.41, 5.74) is 0. The van der Waals surface area contributed by atoms with Crippen molar-refractivity contribution in [2.75, 3.05) is 5.88 Å². The molecule has 0 N–H and O–H groups in total. The maximum atomic E-state index is 11.1. The molecule has 4 nitrogen and oxygen atoms in total. The van der Waals surface area contributed by atoms with Crippen molar-refractivity contribution in [3.63, 3.8) is 0 Å². The van der Waals surface area contributed by atoms with E-state index in [1.54, 1.807) is 0 Å². The van der Waals surface area contributed by atoms with Gasteiger partial charge in [0.1, 0.15) is 17.4 Å². The summed E-state index contributed by atoms with van der Waals surface area (Å²) >= 11 is 15.9. The highest BCUT2D eigenvalue weighted by atomic mass is 35.5. The molecule has 0 bridgehead atoms. The zero-order valence-electron chi connectivity index (χ0n) is 8.36. The van der Waals surface area contributed by atoms with Crippen LogP contribution in [0.5, 0.6) is 11.5 Å². The lowest BCUT2D eigenvalue weighted by molar-refractivity contribution is -0.132. The molecule has 0 atom stereocenters. The minimum absolute atomic E-state index is 0.168. The van der Waals surface area contributed by atoms with E-state index in [0.29, 0.717) is 0 Å². The largest absolute Gasteiger partial charge is 0.426 e. The minimum atomic E-state index is -1.27. The fraction of sp³-hybridized carbons (Fsp3) is 0.200. The molecule has 0 radical (unpaired) electrons. The van der Waals surface area contributed by atoms with Gasteiger partial charge in [-0.05, 0) is 12.1 Å². The number of esters is 2. The van der Waals surface area contributed by atoms with E-state index in [9.17, 15) is 9.59 Å². The van der Waals surface area contributed by atoms with Crippen LogP contribution in [0, 0.1) is 0 Å². The Balaban J connectivity index is 2.72. The molecule has 0 saturated carbocycles. The Kier molecular flexibility index (Phi) is 5.55. The van der Waals surface area contributed by atoms with E-state index in [1.165, 1.54) is 24.3 Å². The first-order chi connectivity index (χ1) is 8.02. The molecular formula is C10H7Cl3O4. The summed E-state index contributed by atoms with van der Waals surface area (Å²) in [6, 6.07) is 5.89. The Labute approximate surface area is 112 Å². The van der Waals surface area contributed by atoms with Crippen molar-refractivity contribution in [3.05, 3.63) is 24.3 Å². The van der Waals surface area contributed by atoms with E-state index in [2.05, 4.69) is 0 Å². The van der Waals surface area contributed by atoms with Gasteiger partial charge in [-0.3, -0.25) is 4.79 Å². The molecule has 1 rings (SSSR count). The van der Waals surface area contributed by atoms with Crippen molar-refractivity contribution in [1.29, 1.82) is 0 Å². The number of alkyl halides is 3. The molecule has 0 aliphatic carbocycles. The van der Waals surface area contributed by atoms with Crippen LogP contribution in [0.1, 0.15) is 0 Å². The molecule has 92 valence electrons. The molecule has 0 aliphatic rings. The van der Waals surface area contributed by atoms with Crippen LogP contribution in [0.2, 0.25) is 0 Å². The van der Waals surface area contributed by atoms with E-state index >= 15 is 0 Å². The van der Waals surface area contributed by atoms with Gasteiger partial charge in [-0.15, -0.1) is 11.6 Å². The molecule has 0 fully saturated rings. The van der Waals surface area contributed by atoms with E-state index in [0.717, 1.165) is 0 Å². The summed E-state index contributed by atoms with van der Waals surface area (Å²) in [5.74, 6) is -1.31. The predicted octanol–water partition coefficient (Wildman–Crippen LogP) is 2.54. The molecule has 0 unspecified atom stereocenters. The summed E-state index contributed by atoms with van der Waals surface area (Å²) in [4.78, 5) is 20.7. The number of ether oxygens (including phenoxy) is 2. The van der Waals surface area contributed by atoms with Gasteiger partial charge in [0.2, 0.25) is 4.84 Å². The molecule has 0 amide bonds. The second kappa shape index (κ2) is 6.69. The first kappa shape index (κ1) is 14.1. The van der Waals surface area contributed by atoms with Crippen molar-refractivity contribution in [3.8, 4) is 11.5 Å². The zero-order valence-corrected chi connectivity index (χ0v) is 10.6. The number of rotatable bonds is 4. The fourth-order valence-electron chi connectivity index (χ4n) is 0.921. The Morgan fingerprint density at radius 2 is 1.76 bits per heavy atom. The lowest BCUT2D eigenvalue weighted by Gasteiger charge is -2.06. The molecular weight excluding hydrogens is 290 g/mol. The van der Waals surface area contributed by atoms with Gasteiger partial charge in [-0.25, -0.2) is 4.79 Å². The Hall–Kier alpha value is -0.970. The average Bonchev–Trinajstić information content (AvgIpc) is 2.29. The standard InChI is InChI=1S/C10H7Cl3O4/c11-5-8(14)16-6-2-1-3-7(4-6)17-10(15)9(12)13/h1-4,9H,5H2. The first-order valence-electron chi connectivity index (χ1n) is 4.39. The van der Waals surface area contributed by atoms with Crippen LogP contribution in [0.3, 0.4) is 0 Å². The van der Waals surface area contributed by atoms with E-state index in [-0.39, 0.29) is 17.4 Å². The molecule has 7 heteroatoms. The normalized spacial score (nSPS) is 10.1. The smallest absolute Gasteiger partial charge is 0.344 e. The van der Waals surface area contributed by atoms with Gasteiger partial charge in [-0.1, -0.05) is 29.3 Å². The third-order valence-corrected chi connectivity index (χ3v) is 2.12. The third kappa shape index (κ3) is 4.81. The van der Waals surface area contributed by atoms with Gasteiger partial charge in [-0.2, -0.15) is 0 Å². The number of carbonyl (C=O) groups excluding carboxylic acids is 2. The number of hydrogen-bond donors (Lipinski definition) is 0. The number of benzene rings is 1. The number of carbonyl (C=O) groups is 2. The van der Waals surface area contributed by atoms with Crippen LogP contribution in [-0.2, 0) is 9.59 Å². The van der Waals surface area contributed by atoms with E-state index in [4.69, 9.17) is 44.3 Å². The molecule has 0 spiro atoms. The van der Waals surface area contributed by atoms with Gasteiger partial charge >= 0.3 is 11.9 Å². The highest BCUT2D eigenvalue weighted by Crippen LogP contribution is 2.21. The van der Waals surface area contributed by atoms with Crippen molar-refractivity contribution in [2.24, 2.45) is 0 Å². The van der Waals surface area contributed by atoms with Crippen LogP contribution in [-0.4, -0.2) is 22.7 Å². The summed E-state index contributed by atoms with van der Waals surface area (Å²) in [7, 11) is 0. The molecule has 0 aliphatic heterocycles. The topological polar surface area (TPSA) is 52.6 Å². The zero-order chi connectivity index (χ0) is 12.8. The van der Waals surface area contributed by atoms with Crippen LogP contribution in [0.4, 0.5) is 0 Å².